The Morgan fingerprint density at radius 1 is 0.500 bits per heavy atom. The van der Waals surface area contributed by atoms with E-state index in [1.807, 2.05) is 91.9 Å². The number of nitrogens with one attached hydrogen (secondary N) is 1. The van der Waals surface area contributed by atoms with E-state index in [4.69, 9.17) is 0 Å². The average molecular weight is 526 g/mol. The average Bonchev–Trinajstić information content (AvgIpc) is 3.00. The quantitative estimate of drug-likeness (QED) is 0.152. The standard InChI is InChI=1S/C31H25N8O/c1-23-22-30(39(40)38-29-18-16-27(17-19-29)35-33-25-10-6-3-7-11-25)20-21-31(23)37-36-28-14-12-26(13-15-28)34-32-24-8-4-2-5-9-24/h2-22,38H,1H3/q-1. The normalized spacial score (nSPS) is 11.4. The Morgan fingerprint density at radius 3 is 1.40 bits per heavy atom. The third-order valence-corrected chi connectivity index (χ3v) is 5.71. The first-order valence-corrected chi connectivity index (χ1v) is 12.5. The molecule has 5 aromatic carbocycles. The van der Waals surface area contributed by atoms with Crippen molar-refractivity contribution in [3.63, 3.8) is 0 Å². The van der Waals surface area contributed by atoms with Crippen LogP contribution in [0.2, 0.25) is 0 Å². The number of benzene rings is 5. The molecule has 1 N–H and O–H groups in total. The van der Waals surface area contributed by atoms with E-state index in [9.17, 15) is 5.21 Å². The summed E-state index contributed by atoms with van der Waals surface area (Å²) in [6.07, 6.45) is 0. The van der Waals surface area contributed by atoms with Gasteiger partial charge in [-0.1, -0.05) is 36.4 Å². The zero-order valence-corrected chi connectivity index (χ0v) is 21.7. The van der Waals surface area contributed by atoms with E-state index < -0.39 is 0 Å². The predicted molar refractivity (Wildman–Crippen MR) is 159 cm³/mol. The van der Waals surface area contributed by atoms with Crippen molar-refractivity contribution >= 4 is 45.5 Å². The fourth-order valence-electron chi connectivity index (χ4n) is 3.58. The van der Waals surface area contributed by atoms with Crippen LogP contribution in [0.5, 0.6) is 0 Å². The first kappa shape index (κ1) is 26.1. The van der Waals surface area contributed by atoms with Crippen LogP contribution in [0.15, 0.2) is 158 Å². The summed E-state index contributed by atoms with van der Waals surface area (Å²) in [7, 11) is 0. The van der Waals surface area contributed by atoms with Crippen molar-refractivity contribution in [2.45, 2.75) is 6.92 Å². The topological polar surface area (TPSA) is 112 Å². The molecule has 0 saturated carbocycles. The number of aryl methyl sites for hydroxylation is 1. The number of hydrogen-bond acceptors (Lipinski definition) is 9. The Hall–Kier alpha value is -5.54. The molecule has 0 bridgehead atoms. The molecule has 0 fully saturated rings. The zero-order valence-electron chi connectivity index (χ0n) is 21.7. The molecule has 5 rings (SSSR count). The van der Waals surface area contributed by atoms with Crippen molar-refractivity contribution in [2.24, 2.45) is 30.7 Å². The van der Waals surface area contributed by atoms with Crippen LogP contribution < -0.4 is 10.6 Å². The van der Waals surface area contributed by atoms with E-state index in [1.165, 1.54) is 0 Å². The highest BCUT2D eigenvalue weighted by atomic mass is 16.5. The zero-order chi connectivity index (χ0) is 27.6. The smallest absolute Gasteiger partial charge is 0.0887 e. The van der Waals surface area contributed by atoms with Crippen LogP contribution in [0, 0.1) is 12.1 Å². The van der Waals surface area contributed by atoms with E-state index in [0.29, 0.717) is 33.6 Å². The van der Waals surface area contributed by atoms with Crippen molar-refractivity contribution < 1.29 is 0 Å². The van der Waals surface area contributed by atoms with Gasteiger partial charge in [0.05, 0.1) is 39.8 Å². The fourth-order valence-corrected chi connectivity index (χ4v) is 3.58. The molecule has 0 spiro atoms. The van der Waals surface area contributed by atoms with Gasteiger partial charge in [-0.25, -0.2) is 0 Å². The van der Waals surface area contributed by atoms with Crippen LogP contribution in [0.25, 0.3) is 0 Å². The highest BCUT2D eigenvalue weighted by Crippen LogP contribution is 2.28. The fraction of sp³-hybridized carbons (Fsp3) is 0.0323. The highest BCUT2D eigenvalue weighted by Gasteiger charge is 2.03. The lowest BCUT2D eigenvalue weighted by Crippen LogP contribution is -2.22. The van der Waals surface area contributed by atoms with Gasteiger partial charge < -0.3 is 15.8 Å². The van der Waals surface area contributed by atoms with E-state index in [2.05, 4.69) is 36.1 Å². The minimum atomic E-state index is 0.442. The Kier molecular flexibility index (Phi) is 8.35. The summed E-state index contributed by atoms with van der Waals surface area (Å²) in [5.74, 6) is 0. The molecule has 196 valence electrons. The first-order valence-electron chi connectivity index (χ1n) is 12.5. The maximum atomic E-state index is 12.7. The van der Waals surface area contributed by atoms with Crippen LogP contribution >= 0.6 is 0 Å². The third-order valence-electron chi connectivity index (χ3n) is 5.71. The number of azo groups is 3. The summed E-state index contributed by atoms with van der Waals surface area (Å²) in [6, 6.07) is 38.7. The summed E-state index contributed by atoms with van der Waals surface area (Å²) in [4.78, 5) is 0. The minimum Gasteiger partial charge on any atom is -0.739 e. The van der Waals surface area contributed by atoms with Gasteiger partial charge in [0.2, 0.25) is 0 Å². The summed E-state index contributed by atoms with van der Waals surface area (Å²) in [5, 5.41) is 38.9. The van der Waals surface area contributed by atoms with Crippen LogP contribution in [0.4, 0.5) is 45.5 Å². The molecule has 0 aliphatic heterocycles. The number of nitrogens with zero attached hydrogens (tertiary/aromatic N) is 7. The van der Waals surface area contributed by atoms with Gasteiger partial charge in [0.1, 0.15) is 0 Å². The molecule has 0 unspecified atom stereocenters. The molecular weight excluding hydrogens is 500 g/mol. The van der Waals surface area contributed by atoms with Crippen LogP contribution in [0.3, 0.4) is 0 Å². The van der Waals surface area contributed by atoms with Crippen molar-refractivity contribution in [3.05, 3.63) is 138 Å². The van der Waals surface area contributed by atoms with Crippen LogP contribution in [-0.2, 0) is 0 Å². The monoisotopic (exact) mass is 525 g/mol. The highest BCUT2D eigenvalue weighted by molar-refractivity contribution is 5.62. The van der Waals surface area contributed by atoms with Gasteiger partial charge in [-0.05, 0) is 103 Å². The molecule has 9 nitrogen and oxygen atoms in total. The maximum Gasteiger partial charge on any atom is 0.0887 e. The second-order valence-corrected chi connectivity index (χ2v) is 8.71. The van der Waals surface area contributed by atoms with E-state index in [0.717, 1.165) is 22.6 Å². The molecule has 0 aromatic heterocycles. The maximum absolute atomic E-state index is 12.7. The van der Waals surface area contributed by atoms with Crippen LogP contribution in [-0.4, -0.2) is 0 Å². The Balaban J connectivity index is 1.17. The lowest BCUT2D eigenvalue weighted by atomic mass is 10.2. The molecule has 0 heterocycles. The van der Waals surface area contributed by atoms with Crippen LogP contribution in [0.1, 0.15) is 5.56 Å². The van der Waals surface area contributed by atoms with Gasteiger partial charge in [0.25, 0.3) is 0 Å². The minimum absolute atomic E-state index is 0.442. The summed E-state index contributed by atoms with van der Waals surface area (Å²) >= 11 is 0. The Bertz CT molecular complexity index is 1620. The number of rotatable bonds is 9. The second kappa shape index (κ2) is 12.8. The molecule has 0 saturated heterocycles. The molecule has 0 atom stereocenters. The summed E-state index contributed by atoms with van der Waals surface area (Å²) < 4.78 is 0. The van der Waals surface area contributed by atoms with E-state index >= 15 is 0 Å². The van der Waals surface area contributed by atoms with Crippen molar-refractivity contribution in [3.8, 4) is 0 Å². The molecule has 5 aromatic rings. The van der Waals surface area contributed by atoms with Gasteiger partial charge in [0.15, 0.2) is 0 Å². The van der Waals surface area contributed by atoms with Crippen molar-refractivity contribution in [1.29, 1.82) is 0 Å². The molecular formula is C31H25N8O-. The number of hydrogen-bond donors (Lipinski definition) is 1. The van der Waals surface area contributed by atoms with E-state index in [1.54, 1.807) is 42.5 Å². The van der Waals surface area contributed by atoms with Crippen molar-refractivity contribution in [1.82, 2.24) is 0 Å². The SMILES string of the molecule is Cc1cc(N([O-])Nc2ccc(N=Nc3ccccc3)cc2)ccc1N=Nc1ccc(N=Nc2ccccc2)cc1. The second-order valence-electron chi connectivity index (χ2n) is 8.71. The van der Waals surface area contributed by atoms with Crippen molar-refractivity contribution in [2.75, 3.05) is 10.6 Å². The molecule has 0 radical (unpaired) electrons. The summed E-state index contributed by atoms with van der Waals surface area (Å²) in [5.41, 5.74) is 9.02. The Morgan fingerprint density at radius 2 is 0.925 bits per heavy atom. The lowest BCUT2D eigenvalue weighted by molar-refractivity contribution is 1.15. The van der Waals surface area contributed by atoms with Gasteiger partial charge in [-0.2, -0.15) is 30.7 Å². The first-order chi connectivity index (χ1) is 19.6. The number of anilines is 2. The van der Waals surface area contributed by atoms with E-state index in [-0.39, 0.29) is 0 Å². The van der Waals surface area contributed by atoms with Gasteiger partial charge in [-0.3, -0.25) is 0 Å². The molecule has 40 heavy (non-hydrogen) atoms. The summed E-state index contributed by atoms with van der Waals surface area (Å²) in [6.45, 7) is 1.88. The largest absolute Gasteiger partial charge is 0.739 e. The molecule has 0 aliphatic rings. The number of hydrazine groups is 1. The Labute approximate surface area is 231 Å². The lowest BCUT2D eigenvalue weighted by Gasteiger charge is -2.32. The third kappa shape index (κ3) is 7.27. The molecule has 0 amide bonds. The van der Waals surface area contributed by atoms with Gasteiger partial charge in [0, 0.05) is 5.69 Å². The predicted octanol–water partition coefficient (Wildman–Crippen LogP) is 10.6. The van der Waals surface area contributed by atoms with Gasteiger partial charge in [-0.15, -0.1) is 0 Å². The van der Waals surface area contributed by atoms with Gasteiger partial charge >= 0.3 is 0 Å². The molecule has 0 aliphatic carbocycles. The molecule has 9 heteroatoms.